The van der Waals surface area contributed by atoms with Crippen LogP contribution in [0, 0.1) is 0 Å². The number of nitrogens with zero attached hydrogens (tertiary/aromatic N) is 3. The van der Waals surface area contributed by atoms with Gasteiger partial charge in [0.1, 0.15) is 6.04 Å². The minimum absolute atomic E-state index is 0.103. The van der Waals surface area contributed by atoms with E-state index in [2.05, 4.69) is 10.1 Å². The minimum Gasteiger partial charge on any atom is -0.490 e. The van der Waals surface area contributed by atoms with E-state index in [0.717, 1.165) is 18.4 Å². The van der Waals surface area contributed by atoms with E-state index in [-0.39, 0.29) is 11.9 Å². The summed E-state index contributed by atoms with van der Waals surface area (Å²) in [7, 11) is 0. The molecule has 1 unspecified atom stereocenters. The standard InChI is InChI=1S/C23H24ClN3O4/c1-3-29-19-11-10-16(14-20(19)30-4-2)23(28)27-12-6-9-18(27)22-25-21(26-31-22)15-7-5-8-17(24)13-15/h5,7-8,10-11,13-14,18H,3-4,6,9,12H2,1-2H3. The first-order valence-electron chi connectivity index (χ1n) is 10.4. The van der Waals surface area contributed by atoms with Crippen molar-refractivity contribution in [2.45, 2.75) is 32.7 Å². The van der Waals surface area contributed by atoms with Crippen molar-refractivity contribution in [1.29, 1.82) is 0 Å². The summed E-state index contributed by atoms with van der Waals surface area (Å²) in [6.07, 6.45) is 1.62. The first-order chi connectivity index (χ1) is 15.1. The predicted molar refractivity (Wildman–Crippen MR) is 117 cm³/mol. The molecule has 1 atom stereocenters. The number of carbonyl (C=O) groups excluding carboxylic acids is 1. The van der Waals surface area contributed by atoms with Gasteiger partial charge in [-0.3, -0.25) is 4.79 Å². The van der Waals surface area contributed by atoms with Crippen LogP contribution in [0.2, 0.25) is 5.02 Å². The molecule has 31 heavy (non-hydrogen) atoms. The molecule has 0 spiro atoms. The van der Waals surface area contributed by atoms with Crippen LogP contribution < -0.4 is 9.47 Å². The van der Waals surface area contributed by atoms with Gasteiger partial charge in [0.25, 0.3) is 5.91 Å². The quantitative estimate of drug-likeness (QED) is 0.503. The Bertz CT molecular complexity index is 1070. The molecule has 0 N–H and O–H groups in total. The second-order valence-electron chi connectivity index (χ2n) is 7.15. The molecular formula is C23H24ClN3O4. The summed E-state index contributed by atoms with van der Waals surface area (Å²) < 4.78 is 16.8. The van der Waals surface area contributed by atoms with Crippen LogP contribution in [0.25, 0.3) is 11.4 Å². The van der Waals surface area contributed by atoms with E-state index in [1.807, 2.05) is 26.0 Å². The molecule has 1 aliphatic heterocycles. The highest BCUT2D eigenvalue weighted by molar-refractivity contribution is 6.30. The summed E-state index contributed by atoms with van der Waals surface area (Å²) in [5.74, 6) is 1.97. The second kappa shape index (κ2) is 9.39. The summed E-state index contributed by atoms with van der Waals surface area (Å²) in [6.45, 7) is 5.43. The van der Waals surface area contributed by atoms with E-state index in [1.54, 1.807) is 35.2 Å². The topological polar surface area (TPSA) is 77.7 Å². The molecule has 0 radical (unpaired) electrons. The zero-order valence-corrected chi connectivity index (χ0v) is 18.3. The Morgan fingerprint density at radius 3 is 2.74 bits per heavy atom. The summed E-state index contributed by atoms with van der Waals surface area (Å²) in [5, 5.41) is 4.69. The molecule has 162 valence electrons. The van der Waals surface area contributed by atoms with Crippen molar-refractivity contribution in [3.8, 4) is 22.9 Å². The predicted octanol–water partition coefficient (Wildman–Crippen LogP) is 5.16. The van der Waals surface area contributed by atoms with Gasteiger partial charge in [-0.05, 0) is 57.0 Å². The van der Waals surface area contributed by atoms with Crippen LogP contribution in [0.1, 0.15) is 49.0 Å². The zero-order valence-electron chi connectivity index (χ0n) is 17.5. The molecular weight excluding hydrogens is 418 g/mol. The lowest BCUT2D eigenvalue weighted by atomic mass is 10.1. The maximum Gasteiger partial charge on any atom is 0.254 e. The molecule has 1 aromatic heterocycles. The Kier molecular flexibility index (Phi) is 6.42. The highest BCUT2D eigenvalue weighted by Crippen LogP contribution is 2.35. The first kappa shape index (κ1) is 21.2. The first-order valence-corrected chi connectivity index (χ1v) is 10.8. The molecule has 1 amide bonds. The van der Waals surface area contributed by atoms with Crippen LogP contribution in [0.5, 0.6) is 11.5 Å². The van der Waals surface area contributed by atoms with Gasteiger partial charge in [-0.1, -0.05) is 28.9 Å². The van der Waals surface area contributed by atoms with Crippen molar-refractivity contribution >= 4 is 17.5 Å². The lowest BCUT2D eigenvalue weighted by Crippen LogP contribution is -2.30. The number of aromatic nitrogens is 2. The van der Waals surface area contributed by atoms with Crippen molar-refractivity contribution in [1.82, 2.24) is 15.0 Å². The molecule has 2 aromatic carbocycles. The lowest BCUT2D eigenvalue weighted by molar-refractivity contribution is 0.0709. The van der Waals surface area contributed by atoms with E-state index in [1.165, 1.54) is 0 Å². The maximum atomic E-state index is 13.3. The Labute approximate surface area is 185 Å². The molecule has 1 fully saturated rings. The fraction of sp³-hybridized carbons (Fsp3) is 0.348. The molecule has 7 nitrogen and oxygen atoms in total. The number of benzene rings is 2. The molecule has 8 heteroatoms. The highest BCUT2D eigenvalue weighted by atomic mass is 35.5. The van der Waals surface area contributed by atoms with E-state index >= 15 is 0 Å². The number of carbonyl (C=O) groups is 1. The van der Waals surface area contributed by atoms with Crippen molar-refractivity contribution in [3.63, 3.8) is 0 Å². The number of hydrogen-bond acceptors (Lipinski definition) is 6. The van der Waals surface area contributed by atoms with Gasteiger partial charge in [-0.25, -0.2) is 0 Å². The number of amides is 1. The smallest absolute Gasteiger partial charge is 0.254 e. The monoisotopic (exact) mass is 441 g/mol. The third kappa shape index (κ3) is 4.51. The largest absolute Gasteiger partial charge is 0.490 e. The fourth-order valence-electron chi connectivity index (χ4n) is 3.73. The SMILES string of the molecule is CCOc1ccc(C(=O)N2CCCC2c2nc(-c3cccc(Cl)c3)no2)cc1OCC. The normalized spacial score (nSPS) is 15.8. The average Bonchev–Trinajstić information content (AvgIpc) is 3.44. The van der Waals surface area contributed by atoms with Gasteiger partial charge in [-0.15, -0.1) is 0 Å². The van der Waals surface area contributed by atoms with Crippen LogP contribution >= 0.6 is 11.6 Å². The molecule has 0 saturated carbocycles. The molecule has 0 aliphatic carbocycles. The van der Waals surface area contributed by atoms with Crippen molar-refractivity contribution < 1.29 is 18.8 Å². The number of hydrogen-bond donors (Lipinski definition) is 0. The average molecular weight is 442 g/mol. The Morgan fingerprint density at radius 1 is 1.16 bits per heavy atom. The summed E-state index contributed by atoms with van der Waals surface area (Å²) in [5.41, 5.74) is 1.31. The molecule has 0 bridgehead atoms. The zero-order chi connectivity index (χ0) is 21.8. The van der Waals surface area contributed by atoms with Crippen LogP contribution in [0.15, 0.2) is 47.0 Å². The molecule has 4 rings (SSSR count). The van der Waals surface area contributed by atoms with Gasteiger partial charge in [-0.2, -0.15) is 4.98 Å². The highest BCUT2D eigenvalue weighted by Gasteiger charge is 2.35. The third-order valence-corrected chi connectivity index (χ3v) is 5.35. The van der Waals surface area contributed by atoms with Crippen LogP contribution in [0.3, 0.4) is 0 Å². The fourth-order valence-corrected chi connectivity index (χ4v) is 3.92. The van der Waals surface area contributed by atoms with E-state index in [4.69, 9.17) is 25.6 Å². The van der Waals surface area contributed by atoms with Gasteiger partial charge in [0.05, 0.1) is 13.2 Å². The second-order valence-corrected chi connectivity index (χ2v) is 7.59. The van der Waals surface area contributed by atoms with Crippen LogP contribution in [-0.2, 0) is 0 Å². The summed E-state index contributed by atoms with van der Waals surface area (Å²) >= 11 is 6.07. The van der Waals surface area contributed by atoms with Gasteiger partial charge < -0.3 is 18.9 Å². The number of rotatable bonds is 7. The van der Waals surface area contributed by atoms with E-state index < -0.39 is 0 Å². The molecule has 1 aliphatic rings. The Morgan fingerprint density at radius 2 is 1.97 bits per heavy atom. The van der Waals surface area contributed by atoms with E-state index in [9.17, 15) is 4.79 Å². The van der Waals surface area contributed by atoms with Gasteiger partial charge in [0.15, 0.2) is 11.5 Å². The van der Waals surface area contributed by atoms with Crippen molar-refractivity contribution in [3.05, 3.63) is 58.9 Å². The Balaban J connectivity index is 1.57. The molecule has 2 heterocycles. The van der Waals surface area contributed by atoms with Gasteiger partial charge in [0, 0.05) is 22.7 Å². The van der Waals surface area contributed by atoms with Crippen molar-refractivity contribution in [2.75, 3.05) is 19.8 Å². The molecule has 3 aromatic rings. The number of halogens is 1. The summed E-state index contributed by atoms with van der Waals surface area (Å²) in [4.78, 5) is 19.6. The van der Waals surface area contributed by atoms with Crippen LogP contribution in [-0.4, -0.2) is 40.7 Å². The number of ether oxygens (including phenoxy) is 2. The Hall–Kier alpha value is -3.06. The lowest BCUT2D eigenvalue weighted by Gasteiger charge is -2.22. The maximum absolute atomic E-state index is 13.3. The minimum atomic E-state index is -0.268. The third-order valence-electron chi connectivity index (χ3n) is 5.11. The van der Waals surface area contributed by atoms with Crippen LogP contribution in [0.4, 0.5) is 0 Å². The summed E-state index contributed by atoms with van der Waals surface area (Å²) in [6, 6.07) is 12.3. The van der Waals surface area contributed by atoms with Gasteiger partial charge in [0.2, 0.25) is 11.7 Å². The number of likely N-dealkylation sites (tertiary alicyclic amines) is 1. The van der Waals surface area contributed by atoms with Crippen molar-refractivity contribution in [2.24, 2.45) is 0 Å². The molecule has 1 saturated heterocycles. The van der Waals surface area contributed by atoms with E-state index in [0.29, 0.717) is 53.6 Å². The van der Waals surface area contributed by atoms with Gasteiger partial charge >= 0.3 is 0 Å².